The lowest BCUT2D eigenvalue weighted by molar-refractivity contribution is -0.111. The van der Waals surface area contributed by atoms with E-state index in [9.17, 15) is 4.79 Å². The van der Waals surface area contributed by atoms with Gasteiger partial charge in [-0.3, -0.25) is 4.79 Å². The molecular formula is C34H43N7O2. The Balaban J connectivity index is 1.50. The summed E-state index contributed by atoms with van der Waals surface area (Å²) in [6.07, 6.45) is 11.3. The van der Waals surface area contributed by atoms with Gasteiger partial charge in [0.05, 0.1) is 29.4 Å². The molecule has 4 aromatic rings. The molecule has 0 unspecified atom stereocenters. The normalized spacial score (nSPS) is 13.4. The second-order valence-corrected chi connectivity index (χ2v) is 11.6. The minimum Gasteiger partial charge on any atom is -0.491 e. The van der Waals surface area contributed by atoms with Crippen LogP contribution in [-0.4, -0.2) is 66.2 Å². The Morgan fingerprint density at radius 3 is 2.67 bits per heavy atom. The molecule has 0 atom stereocenters. The minimum absolute atomic E-state index is 0.280. The number of amides is 1. The maximum atomic E-state index is 12.5. The Labute approximate surface area is 254 Å². The zero-order chi connectivity index (χ0) is 30.3. The Morgan fingerprint density at radius 2 is 1.91 bits per heavy atom. The maximum Gasteiger partial charge on any atom is 0.247 e. The number of anilines is 4. The summed E-state index contributed by atoms with van der Waals surface area (Å²) in [5.41, 5.74) is 5.20. The first-order valence-corrected chi connectivity index (χ1v) is 15.1. The van der Waals surface area contributed by atoms with Crippen LogP contribution in [-0.2, 0) is 11.8 Å². The third kappa shape index (κ3) is 7.35. The summed E-state index contributed by atoms with van der Waals surface area (Å²) in [6.45, 7) is 5.90. The van der Waals surface area contributed by atoms with Crippen LogP contribution in [0.15, 0.2) is 67.5 Å². The lowest BCUT2D eigenvalue weighted by Gasteiger charge is -2.26. The molecule has 2 aromatic heterocycles. The third-order valence-corrected chi connectivity index (χ3v) is 8.17. The molecule has 9 nitrogen and oxygen atoms in total. The van der Waals surface area contributed by atoms with Crippen molar-refractivity contribution in [3.63, 3.8) is 0 Å². The largest absolute Gasteiger partial charge is 0.491 e. The Bertz CT molecular complexity index is 1570. The van der Waals surface area contributed by atoms with E-state index in [0.717, 1.165) is 47.4 Å². The standard InChI is InChI=1S/C34H43N7O2/c1-6-33(42)36-28-21-29(32(43-20-16-24-11-7-8-12-24)22-31(28)40(4)19-18-39(2)3)38-34-35-17-15-27(37-34)26-23-41(5)30-14-10-9-13-25(26)30/h6,9-10,13-15,17,21-24H,1,7-8,11-12,16,18-20H2,2-5H3,(H,36,42)(H,35,37,38). The van der Waals surface area contributed by atoms with E-state index in [1.54, 1.807) is 6.20 Å². The number of para-hydroxylation sites is 1. The van der Waals surface area contributed by atoms with Crippen molar-refractivity contribution in [3.05, 3.63) is 67.5 Å². The fraction of sp³-hybridized carbons (Fsp3) is 0.382. The van der Waals surface area contributed by atoms with Crippen LogP contribution < -0.4 is 20.3 Å². The van der Waals surface area contributed by atoms with Crippen molar-refractivity contribution in [2.75, 3.05) is 56.4 Å². The number of nitrogens with zero attached hydrogens (tertiary/aromatic N) is 5. The summed E-state index contributed by atoms with van der Waals surface area (Å²) in [4.78, 5) is 26.2. The van der Waals surface area contributed by atoms with Crippen molar-refractivity contribution in [1.29, 1.82) is 0 Å². The molecule has 2 aromatic carbocycles. The highest BCUT2D eigenvalue weighted by Gasteiger charge is 2.19. The number of nitrogens with one attached hydrogen (secondary N) is 2. The molecule has 1 aliphatic rings. The number of rotatable bonds is 13. The van der Waals surface area contributed by atoms with Crippen molar-refractivity contribution in [2.24, 2.45) is 13.0 Å². The number of hydrogen-bond donors (Lipinski definition) is 2. The summed E-state index contributed by atoms with van der Waals surface area (Å²) < 4.78 is 8.57. The average molecular weight is 582 g/mol. The summed E-state index contributed by atoms with van der Waals surface area (Å²) in [5, 5.41) is 7.53. The SMILES string of the molecule is C=CC(=O)Nc1cc(Nc2nccc(-c3cn(C)c4ccccc34)n2)c(OCCC2CCCC2)cc1N(C)CCN(C)C. The van der Waals surface area contributed by atoms with Crippen LogP contribution in [0.5, 0.6) is 5.75 Å². The fourth-order valence-electron chi connectivity index (χ4n) is 5.73. The van der Waals surface area contributed by atoms with E-state index in [1.165, 1.54) is 31.8 Å². The Kier molecular flexibility index (Phi) is 9.61. The number of fused-ring (bicyclic) bond motifs is 1. The molecule has 2 N–H and O–H groups in total. The second-order valence-electron chi connectivity index (χ2n) is 11.6. The van der Waals surface area contributed by atoms with Gasteiger partial charge in [-0.05, 0) is 50.7 Å². The maximum absolute atomic E-state index is 12.5. The van der Waals surface area contributed by atoms with Crippen LogP contribution in [0.1, 0.15) is 32.1 Å². The Morgan fingerprint density at radius 1 is 1.12 bits per heavy atom. The molecule has 1 saturated carbocycles. The molecule has 9 heteroatoms. The highest BCUT2D eigenvalue weighted by atomic mass is 16.5. The topological polar surface area (TPSA) is 87.5 Å². The molecule has 5 rings (SSSR count). The van der Waals surface area contributed by atoms with Gasteiger partial charge in [0, 0.05) is 62.1 Å². The fourth-order valence-corrected chi connectivity index (χ4v) is 5.73. The van der Waals surface area contributed by atoms with Crippen molar-refractivity contribution in [3.8, 4) is 17.0 Å². The molecule has 2 heterocycles. The lowest BCUT2D eigenvalue weighted by Crippen LogP contribution is -2.29. The van der Waals surface area contributed by atoms with E-state index in [-0.39, 0.29) is 5.91 Å². The predicted octanol–water partition coefficient (Wildman–Crippen LogP) is 6.46. The van der Waals surface area contributed by atoms with E-state index < -0.39 is 0 Å². The first-order chi connectivity index (χ1) is 20.8. The summed E-state index contributed by atoms with van der Waals surface area (Å²) in [6, 6.07) is 14.1. The smallest absolute Gasteiger partial charge is 0.247 e. The van der Waals surface area contributed by atoms with E-state index in [0.29, 0.717) is 35.6 Å². The molecule has 0 aliphatic heterocycles. The molecule has 1 fully saturated rings. The number of benzene rings is 2. The van der Waals surface area contributed by atoms with Gasteiger partial charge in [0.25, 0.3) is 0 Å². The van der Waals surface area contributed by atoms with Crippen LogP contribution in [0, 0.1) is 5.92 Å². The molecule has 226 valence electrons. The van der Waals surface area contributed by atoms with Gasteiger partial charge >= 0.3 is 0 Å². The number of ether oxygens (including phenoxy) is 1. The van der Waals surface area contributed by atoms with Gasteiger partial charge < -0.3 is 29.7 Å². The zero-order valence-electron chi connectivity index (χ0n) is 25.8. The van der Waals surface area contributed by atoms with Gasteiger partial charge in [0.1, 0.15) is 5.75 Å². The van der Waals surface area contributed by atoms with Gasteiger partial charge in [-0.25, -0.2) is 9.97 Å². The molecule has 43 heavy (non-hydrogen) atoms. The van der Waals surface area contributed by atoms with Gasteiger partial charge in [-0.1, -0.05) is 50.5 Å². The highest BCUT2D eigenvalue weighted by molar-refractivity contribution is 6.02. The summed E-state index contributed by atoms with van der Waals surface area (Å²) >= 11 is 0. The monoisotopic (exact) mass is 581 g/mol. The van der Waals surface area contributed by atoms with Crippen LogP contribution in [0.2, 0.25) is 0 Å². The lowest BCUT2D eigenvalue weighted by atomic mass is 10.1. The van der Waals surface area contributed by atoms with Crippen molar-refractivity contribution in [2.45, 2.75) is 32.1 Å². The molecule has 0 saturated heterocycles. The van der Waals surface area contributed by atoms with Gasteiger partial charge in [0.15, 0.2) is 0 Å². The van der Waals surface area contributed by atoms with E-state index in [4.69, 9.17) is 9.72 Å². The third-order valence-electron chi connectivity index (χ3n) is 8.17. The van der Waals surface area contributed by atoms with Crippen molar-refractivity contribution in [1.82, 2.24) is 19.4 Å². The number of carbonyl (C=O) groups excluding carboxylic acids is 1. The number of likely N-dealkylation sites (N-methyl/N-ethyl adjacent to an activating group) is 2. The minimum atomic E-state index is -0.280. The van der Waals surface area contributed by atoms with Gasteiger partial charge in [-0.2, -0.15) is 0 Å². The number of aromatic nitrogens is 3. The van der Waals surface area contributed by atoms with Crippen LogP contribution >= 0.6 is 0 Å². The number of aryl methyl sites for hydroxylation is 1. The van der Waals surface area contributed by atoms with Crippen LogP contribution in [0.3, 0.4) is 0 Å². The predicted molar refractivity (Wildman–Crippen MR) is 176 cm³/mol. The van der Waals surface area contributed by atoms with Crippen molar-refractivity contribution < 1.29 is 9.53 Å². The molecule has 0 spiro atoms. The molecule has 0 bridgehead atoms. The van der Waals surface area contributed by atoms with E-state index >= 15 is 0 Å². The Hall–Kier alpha value is -4.37. The first-order valence-electron chi connectivity index (χ1n) is 15.1. The quantitative estimate of drug-likeness (QED) is 0.175. The van der Waals surface area contributed by atoms with Crippen LogP contribution in [0.4, 0.5) is 23.0 Å². The zero-order valence-corrected chi connectivity index (χ0v) is 25.8. The second kappa shape index (κ2) is 13.7. The average Bonchev–Trinajstić information content (AvgIpc) is 3.65. The van der Waals surface area contributed by atoms with Gasteiger partial charge in [-0.15, -0.1) is 0 Å². The molecule has 0 radical (unpaired) electrons. The van der Waals surface area contributed by atoms with E-state index in [1.807, 2.05) is 58.5 Å². The summed E-state index contributed by atoms with van der Waals surface area (Å²) in [7, 11) is 8.16. The molecule has 1 aliphatic carbocycles. The number of carbonyl (C=O) groups is 1. The van der Waals surface area contributed by atoms with Crippen LogP contribution in [0.25, 0.3) is 22.2 Å². The molecule has 1 amide bonds. The molecular weight excluding hydrogens is 538 g/mol. The van der Waals surface area contributed by atoms with E-state index in [2.05, 4.69) is 54.9 Å². The van der Waals surface area contributed by atoms with Gasteiger partial charge in [0.2, 0.25) is 11.9 Å². The number of hydrogen-bond acceptors (Lipinski definition) is 7. The highest BCUT2D eigenvalue weighted by Crippen LogP contribution is 2.39. The first kappa shape index (κ1) is 30.1. The van der Waals surface area contributed by atoms with Crippen molar-refractivity contribution >= 4 is 39.8 Å². The summed E-state index contributed by atoms with van der Waals surface area (Å²) in [5.74, 6) is 1.57.